The van der Waals surface area contributed by atoms with Gasteiger partial charge in [-0.1, -0.05) is 23.7 Å². The fourth-order valence-corrected chi connectivity index (χ4v) is 3.43. The van der Waals surface area contributed by atoms with E-state index < -0.39 is 36.2 Å². The third-order valence-electron chi connectivity index (χ3n) is 4.36. The first-order chi connectivity index (χ1) is 14.3. The molecule has 0 aliphatic carbocycles. The van der Waals surface area contributed by atoms with Crippen LogP contribution in [0.1, 0.15) is 6.42 Å². The lowest BCUT2D eigenvalue weighted by Crippen LogP contribution is -2.63. The van der Waals surface area contributed by atoms with Crippen molar-refractivity contribution in [1.82, 2.24) is 10.4 Å². The summed E-state index contributed by atoms with van der Waals surface area (Å²) in [5.41, 5.74) is 3.08. The zero-order valence-corrected chi connectivity index (χ0v) is 16.7. The van der Waals surface area contributed by atoms with Crippen LogP contribution in [-0.2, 0) is 19.2 Å². The molecule has 11 heteroatoms. The molecule has 1 atom stereocenters. The number of thiocarbonyl (C=S) groups is 1. The van der Waals surface area contributed by atoms with Crippen LogP contribution in [0.3, 0.4) is 0 Å². The van der Waals surface area contributed by atoms with Gasteiger partial charge in [-0.15, -0.1) is 0 Å². The number of halogens is 1. The molecule has 1 saturated heterocycles. The fraction of sp³-hybridized carbons (Fsp3) is 0.105. The zero-order chi connectivity index (χ0) is 21.4. The maximum Gasteiger partial charge on any atom is 0.289 e. The highest BCUT2D eigenvalue weighted by Gasteiger charge is 2.40. The van der Waals surface area contributed by atoms with Gasteiger partial charge < -0.3 is 10.1 Å². The monoisotopic (exact) mass is 444 g/mol. The van der Waals surface area contributed by atoms with Crippen molar-refractivity contribution in [1.29, 1.82) is 0 Å². The molecule has 0 saturated carbocycles. The second-order valence-electron chi connectivity index (χ2n) is 6.35. The Morgan fingerprint density at radius 3 is 2.53 bits per heavy atom. The quantitative estimate of drug-likeness (QED) is 0.550. The lowest BCUT2D eigenvalue weighted by Gasteiger charge is -2.36. The third kappa shape index (κ3) is 3.58. The highest BCUT2D eigenvalue weighted by Crippen LogP contribution is 2.29. The smallest absolute Gasteiger partial charge is 0.289 e. The summed E-state index contributed by atoms with van der Waals surface area (Å²) < 4.78 is 5.46. The summed E-state index contributed by atoms with van der Waals surface area (Å²) in [6, 6.07) is 12.8. The normalized spacial score (nSPS) is 18.5. The van der Waals surface area contributed by atoms with Crippen molar-refractivity contribution in [3.63, 3.8) is 0 Å². The maximum absolute atomic E-state index is 12.7. The van der Waals surface area contributed by atoms with E-state index in [9.17, 15) is 19.2 Å². The summed E-state index contributed by atoms with van der Waals surface area (Å²) >= 11 is 11.1. The molecule has 2 N–H and O–H groups in total. The Morgan fingerprint density at radius 1 is 1.10 bits per heavy atom. The first-order valence-electron chi connectivity index (χ1n) is 8.67. The molecule has 4 rings (SSSR count). The number of anilines is 2. The first-order valence-corrected chi connectivity index (χ1v) is 9.46. The van der Waals surface area contributed by atoms with E-state index in [0.29, 0.717) is 22.1 Å². The molecule has 2 aliphatic heterocycles. The molecule has 2 heterocycles. The van der Waals surface area contributed by atoms with Crippen molar-refractivity contribution >= 4 is 63.9 Å². The molecule has 0 bridgehead atoms. The van der Waals surface area contributed by atoms with Gasteiger partial charge in [0.05, 0.1) is 11.4 Å². The van der Waals surface area contributed by atoms with Gasteiger partial charge in [-0.05, 0) is 48.6 Å². The van der Waals surface area contributed by atoms with Gasteiger partial charge in [-0.2, -0.15) is 5.01 Å². The summed E-state index contributed by atoms with van der Waals surface area (Å²) in [5.74, 6) is -2.60. The number of rotatable bonds is 3. The molecular formula is C19H13ClN4O5S. The fourth-order valence-electron chi connectivity index (χ4n) is 2.95. The molecule has 0 radical (unpaired) electrons. The van der Waals surface area contributed by atoms with Crippen LogP contribution >= 0.6 is 23.8 Å². The number of hydrogen-bond acceptors (Lipinski definition) is 6. The number of hydrazine groups is 1. The Balaban J connectivity index is 1.54. The van der Waals surface area contributed by atoms with E-state index in [1.807, 2.05) is 0 Å². The highest BCUT2D eigenvalue weighted by molar-refractivity contribution is 7.80. The predicted octanol–water partition coefficient (Wildman–Crippen LogP) is 1.62. The molecule has 2 aliphatic rings. The summed E-state index contributed by atoms with van der Waals surface area (Å²) in [6.45, 7) is 0. The van der Waals surface area contributed by atoms with E-state index in [1.54, 1.807) is 48.5 Å². The van der Waals surface area contributed by atoms with E-state index in [-0.39, 0.29) is 5.11 Å². The van der Waals surface area contributed by atoms with Gasteiger partial charge in [0.1, 0.15) is 12.2 Å². The lowest BCUT2D eigenvalue weighted by atomic mass is 10.2. The van der Waals surface area contributed by atoms with Crippen molar-refractivity contribution in [2.45, 2.75) is 12.5 Å². The second kappa shape index (κ2) is 7.73. The molecule has 1 unspecified atom stereocenters. The molecular weight excluding hydrogens is 432 g/mol. The van der Waals surface area contributed by atoms with Gasteiger partial charge in [0.25, 0.3) is 23.8 Å². The maximum atomic E-state index is 12.7. The van der Waals surface area contributed by atoms with E-state index in [2.05, 4.69) is 10.7 Å². The number of hydrogen-bond donors (Lipinski definition) is 2. The van der Waals surface area contributed by atoms with Crippen LogP contribution in [0.4, 0.5) is 11.4 Å². The average Bonchev–Trinajstić information content (AvgIpc) is 2.71. The Hall–Kier alpha value is -3.50. The number of nitrogens with zero attached hydrogens (tertiary/aromatic N) is 2. The van der Waals surface area contributed by atoms with Crippen LogP contribution in [0.5, 0.6) is 5.75 Å². The number of carbonyl (C=O) groups excluding carboxylic acids is 4. The SMILES string of the molecule is O=C1Nc2ccccc2OC1C(=O)NN1C(=O)CC(=O)N(c2ccc(Cl)cc2)C1=S. The van der Waals surface area contributed by atoms with E-state index in [4.69, 9.17) is 28.6 Å². The Morgan fingerprint density at radius 2 is 1.80 bits per heavy atom. The molecule has 2 aromatic carbocycles. The number of amides is 4. The molecule has 30 heavy (non-hydrogen) atoms. The number of ether oxygens (including phenoxy) is 1. The summed E-state index contributed by atoms with van der Waals surface area (Å²) in [4.78, 5) is 50.8. The molecule has 4 amide bonds. The summed E-state index contributed by atoms with van der Waals surface area (Å²) in [5, 5.41) is 3.51. The minimum absolute atomic E-state index is 0.261. The van der Waals surface area contributed by atoms with Gasteiger partial charge in [0, 0.05) is 5.02 Å². The average molecular weight is 445 g/mol. The van der Waals surface area contributed by atoms with Gasteiger partial charge in [-0.25, -0.2) is 0 Å². The van der Waals surface area contributed by atoms with Crippen LogP contribution in [0.25, 0.3) is 0 Å². The minimum atomic E-state index is -1.54. The summed E-state index contributed by atoms with van der Waals surface area (Å²) in [6.07, 6.45) is -2.07. The molecule has 9 nitrogen and oxygen atoms in total. The number of fused-ring (bicyclic) bond motifs is 1. The van der Waals surface area contributed by atoms with E-state index in [0.717, 1.165) is 9.91 Å². The van der Waals surface area contributed by atoms with Gasteiger partial charge >= 0.3 is 0 Å². The topological polar surface area (TPSA) is 108 Å². The van der Waals surface area contributed by atoms with Crippen LogP contribution in [0.15, 0.2) is 48.5 Å². The zero-order valence-electron chi connectivity index (χ0n) is 15.1. The lowest BCUT2D eigenvalue weighted by molar-refractivity contribution is -0.146. The third-order valence-corrected chi connectivity index (χ3v) is 4.97. The number of carbonyl (C=O) groups is 4. The molecule has 152 valence electrons. The van der Waals surface area contributed by atoms with Crippen LogP contribution in [0, 0.1) is 0 Å². The molecule has 0 spiro atoms. The standard InChI is InChI=1S/C19H13ClN4O5S/c20-10-5-7-11(8-6-10)23-14(25)9-15(26)24(19(23)30)22-18(28)16-17(27)21-12-3-1-2-4-13(12)29-16/h1-8,16H,9H2,(H,21,27)(H,22,28). The van der Waals surface area contributed by atoms with Gasteiger partial charge in [0.2, 0.25) is 11.0 Å². The van der Waals surface area contributed by atoms with Crippen LogP contribution in [0.2, 0.25) is 5.02 Å². The Bertz CT molecular complexity index is 1090. The molecule has 0 aromatic heterocycles. The molecule has 2 aromatic rings. The number of para-hydroxylation sites is 2. The second-order valence-corrected chi connectivity index (χ2v) is 7.16. The van der Waals surface area contributed by atoms with Crippen LogP contribution < -0.4 is 20.4 Å². The van der Waals surface area contributed by atoms with Crippen molar-refractivity contribution in [3.05, 3.63) is 53.6 Å². The van der Waals surface area contributed by atoms with E-state index in [1.165, 1.54) is 0 Å². The van der Waals surface area contributed by atoms with Crippen molar-refractivity contribution in [2.24, 2.45) is 0 Å². The minimum Gasteiger partial charge on any atom is -0.468 e. The summed E-state index contributed by atoms with van der Waals surface area (Å²) in [7, 11) is 0. The first kappa shape index (κ1) is 19.8. The highest BCUT2D eigenvalue weighted by atomic mass is 35.5. The number of nitrogens with one attached hydrogen (secondary N) is 2. The largest absolute Gasteiger partial charge is 0.468 e. The predicted molar refractivity (Wildman–Crippen MR) is 111 cm³/mol. The van der Waals surface area contributed by atoms with Gasteiger partial charge in [0.15, 0.2) is 0 Å². The van der Waals surface area contributed by atoms with Crippen LogP contribution in [-0.4, -0.2) is 39.9 Å². The van der Waals surface area contributed by atoms with Crippen molar-refractivity contribution in [2.75, 3.05) is 10.2 Å². The Kier molecular flexibility index (Phi) is 5.10. The van der Waals surface area contributed by atoms with Gasteiger partial charge in [-0.3, -0.25) is 29.5 Å². The van der Waals surface area contributed by atoms with E-state index >= 15 is 0 Å². The Labute approximate surface area is 180 Å². The molecule has 1 fully saturated rings. The van der Waals surface area contributed by atoms with Crippen molar-refractivity contribution < 1.29 is 23.9 Å². The number of benzene rings is 2. The van der Waals surface area contributed by atoms with Crippen molar-refractivity contribution in [3.8, 4) is 5.75 Å².